The van der Waals surface area contributed by atoms with Crippen LogP contribution in [-0.4, -0.2) is 4.98 Å². The van der Waals surface area contributed by atoms with Gasteiger partial charge in [0, 0.05) is 11.3 Å². The molecule has 0 aromatic carbocycles. The summed E-state index contributed by atoms with van der Waals surface area (Å²) in [5.41, 5.74) is 0.941. The summed E-state index contributed by atoms with van der Waals surface area (Å²) in [6.45, 7) is 8.36. The van der Waals surface area contributed by atoms with Crippen LogP contribution in [0.5, 0.6) is 0 Å². The minimum atomic E-state index is -0.0567. The number of thiazole rings is 1. The molecule has 76 valence electrons. The van der Waals surface area contributed by atoms with Crippen LogP contribution in [0.4, 0.5) is 0 Å². The number of hydrogen-bond acceptors (Lipinski definition) is 3. The topological polar surface area (TPSA) is 36.7 Å². The van der Waals surface area contributed by atoms with Gasteiger partial charge in [0.2, 0.25) is 0 Å². The van der Waals surface area contributed by atoms with Gasteiger partial charge in [0.05, 0.1) is 22.7 Å². The highest BCUT2D eigenvalue weighted by Crippen LogP contribution is 2.27. The average molecular weight is 208 g/mol. The Morgan fingerprint density at radius 2 is 2.00 bits per heavy atom. The zero-order valence-corrected chi connectivity index (χ0v) is 9.93. The zero-order valence-electron chi connectivity index (χ0n) is 9.11. The van der Waals surface area contributed by atoms with Crippen LogP contribution < -0.4 is 0 Å². The van der Waals surface area contributed by atoms with Crippen LogP contribution in [0.3, 0.4) is 0 Å². The minimum Gasteiger partial charge on any atom is -0.245 e. The molecule has 0 aliphatic heterocycles. The smallest absolute Gasteiger partial charge is 0.0954 e. The van der Waals surface area contributed by atoms with Gasteiger partial charge >= 0.3 is 0 Å². The predicted molar refractivity (Wildman–Crippen MR) is 59.4 cm³/mol. The van der Waals surface area contributed by atoms with Crippen LogP contribution in [0, 0.1) is 17.2 Å². The van der Waals surface area contributed by atoms with Crippen LogP contribution in [0.1, 0.15) is 50.2 Å². The van der Waals surface area contributed by atoms with E-state index in [1.165, 1.54) is 0 Å². The third kappa shape index (κ3) is 2.33. The number of nitriles is 1. The highest BCUT2D eigenvalue weighted by Gasteiger charge is 2.18. The lowest BCUT2D eigenvalue weighted by molar-refractivity contribution is 0.575. The van der Waals surface area contributed by atoms with Gasteiger partial charge in [-0.25, -0.2) is 4.98 Å². The molecule has 1 aromatic heterocycles. The van der Waals surface area contributed by atoms with E-state index in [9.17, 15) is 0 Å². The van der Waals surface area contributed by atoms with Crippen molar-refractivity contribution in [3.05, 3.63) is 16.1 Å². The zero-order chi connectivity index (χ0) is 10.7. The van der Waals surface area contributed by atoms with Crippen molar-refractivity contribution >= 4 is 11.3 Å². The summed E-state index contributed by atoms with van der Waals surface area (Å²) in [6.07, 6.45) is 0. The van der Waals surface area contributed by atoms with E-state index in [0.29, 0.717) is 11.8 Å². The molecule has 1 atom stereocenters. The van der Waals surface area contributed by atoms with Crippen molar-refractivity contribution in [1.29, 1.82) is 5.26 Å². The van der Waals surface area contributed by atoms with Crippen molar-refractivity contribution in [2.24, 2.45) is 5.92 Å². The van der Waals surface area contributed by atoms with Gasteiger partial charge in [0.1, 0.15) is 0 Å². The first-order valence-corrected chi connectivity index (χ1v) is 5.79. The maximum Gasteiger partial charge on any atom is 0.0954 e. The number of rotatable bonds is 3. The summed E-state index contributed by atoms with van der Waals surface area (Å²) in [5.74, 6) is 0.737. The highest BCUT2D eigenvalue weighted by molar-refractivity contribution is 7.09. The Morgan fingerprint density at radius 1 is 1.36 bits per heavy atom. The first-order chi connectivity index (χ1) is 6.56. The van der Waals surface area contributed by atoms with Crippen molar-refractivity contribution in [2.75, 3.05) is 0 Å². The van der Waals surface area contributed by atoms with E-state index in [0.717, 1.165) is 10.7 Å². The van der Waals surface area contributed by atoms with Crippen LogP contribution in [0.15, 0.2) is 5.38 Å². The monoisotopic (exact) mass is 208 g/mol. The summed E-state index contributed by atoms with van der Waals surface area (Å²) in [4.78, 5) is 4.50. The Morgan fingerprint density at radius 3 is 2.36 bits per heavy atom. The summed E-state index contributed by atoms with van der Waals surface area (Å²) >= 11 is 1.66. The Hall–Kier alpha value is -0.880. The van der Waals surface area contributed by atoms with Crippen LogP contribution in [0.2, 0.25) is 0 Å². The van der Waals surface area contributed by atoms with Gasteiger partial charge in [-0.05, 0) is 5.92 Å². The van der Waals surface area contributed by atoms with Crippen LogP contribution in [0.25, 0.3) is 0 Å². The van der Waals surface area contributed by atoms with Crippen molar-refractivity contribution in [3.8, 4) is 6.07 Å². The molecule has 2 nitrogen and oxygen atoms in total. The van der Waals surface area contributed by atoms with Crippen molar-refractivity contribution in [1.82, 2.24) is 4.98 Å². The molecule has 3 heteroatoms. The third-order valence-electron chi connectivity index (χ3n) is 2.16. The summed E-state index contributed by atoms with van der Waals surface area (Å²) in [5, 5.41) is 12.2. The van der Waals surface area contributed by atoms with Gasteiger partial charge in [-0.1, -0.05) is 27.7 Å². The third-order valence-corrected chi connectivity index (χ3v) is 3.32. The second kappa shape index (κ2) is 4.56. The minimum absolute atomic E-state index is 0.0567. The molecule has 0 fully saturated rings. The van der Waals surface area contributed by atoms with Crippen LogP contribution >= 0.6 is 11.3 Å². The van der Waals surface area contributed by atoms with Crippen molar-refractivity contribution in [2.45, 2.75) is 39.5 Å². The van der Waals surface area contributed by atoms with Crippen molar-refractivity contribution < 1.29 is 0 Å². The molecule has 0 aliphatic carbocycles. The van der Waals surface area contributed by atoms with Crippen LogP contribution in [-0.2, 0) is 0 Å². The fraction of sp³-hybridized carbons (Fsp3) is 0.636. The Kier molecular flexibility index (Phi) is 3.65. The van der Waals surface area contributed by atoms with Gasteiger partial charge in [-0.2, -0.15) is 5.26 Å². The molecule has 1 unspecified atom stereocenters. The summed E-state index contributed by atoms with van der Waals surface area (Å²) in [6, 6.07) is 2.31. The Balaban J connectivity index is 2.91. The van der Waals surface area contributed by atoms with E-state index in [1.807, 2.05) is 5.38 Å². The second-order valence-corrected chi connectivity index (χ2v) is 5.01. The predicted octanol–water partition coefficient (Wildman–Crippen LogP) is 3.53. The molecule has 0 saturated heterocycles. The van der Waals surface area contributed by atoms with E-state index < -0.39 is 0 Å². The Labute approximate surface area is 89.6 Å². The molecule has 0 aliphatic rings. The van der Waals surface area contributed by atoms with Gasteiger partial charge < -0.3 is 0 Å². The number of aromatic nitrogens is 1. The highest BCUT2D eigenvalue weighted by atomic mass is 32.1. The lowest BCUT2D eigenvalue weighted by Crippen LogP contribution is -2.04. The number of hydrogen-bond donors (Lipinski definition) is 0. The molecule has 0 saturated carbocycles. The molecular weight excluding hydrogens is 192 g/mol. The molecule has 1 heterocycles. The van der Waals surface area contributed by atoms with Gasteiger partial charge in [-0.3, -0.25) is 0 Å². The fourth-order valence-corrected chi connectivity index (χ4v) is 2.14. The SMILES string of the molecule is CC(C)c1nc(C(C#N)C(C)C)cs1. The first kappa shape index (κ1) is 11.2. The lowest BCUT2D eigenvalue weighted by atomic mass is 9.95. The second-order valence-electron chi connectivity index (χ2n) is 4.12. The molecule has 0 bridgehead atoms. The van der Waals surface area contributed by atoms with Gasteiger partial charge in [0.15, 0.2) is 0 Å². The lowest BCUT2D eigenvalue weighted by Gasteiger charge is -2.09. The number of nitrogens with zero attached hydrogens (tertiary/aromatic N) is 2. The molecule has 1 aromatic rings. The summed E-state index contributed by atoms with van der Waals surface area (Å²) < 4.78 is 0. The standard InChI is InChI=1S/C11H16N2S/c1-7(2)9(5-12)10-6-14-11(13-10)8(3)4/h6-9H,1-4H3. The first-order valence-electron chi connectivity index (χ1n) is 4.91. The Bertz CT molecular complexity index is 333. The molecule has 0 spiro atoms. The molecule has 0 N–H and O–H groups in total. The van der Waals surface area contributed by atoms with Gasteiger partial charge in [-0.15, -0.1) is 11.3 Å². The van der Waals surface area contributed by atoms with E-state index in [2.05, 4.69) is 38.7 Å². The largest absolute Gasteiger partial charge is 0.245 e. The van der Waals surface area contributed by atoms with E-state index >= 15 is 0 Å². The van der Waals surface area contributed by atoms with Gasteiger partial charge in [0.25, 0.3) is 0 Å². The maximum absolute atomic E-state index is 9.01. The molecule has 1 rings (SSSR count). The quantitative estimate of drug-likeness (QED) is 0.762. The fourth-order valence-electron chi connectivity index (χ4n) is 1.27. The molecule has 14 heavy (non-hydrogen) atoms. The normalized spacial score (nSPS) is 13.2. The molecular formula is C11H16N2S. The molecule has 0 radical (unpaired) electrons. The van der Waals surface area contributed by atoms with E-state index in [4.69, 9.17) is 5.26 Å². The van der Waals surface area contributed by atoms with E-state index in [-0.39, 0.29) is 5.92 Å². The van der Waals surface area contributed by atoms with E-state index in [1.54, 1.807) is 11.3 Å². The maximum atomic E-state index is 9.01. The average Bonchev–Trinajstić information content (AvgIpc) is 2.53. The molecule has 0 amide bonds. The van der Waals surface area contributed by atoms with Crippen molar-refractivity contribution in [3.63, 3.8) is 0 Å². The summed E-state index contributed by atoms with van der Waals surface area (Å²) in [7, 11) is 0.